The van der Waals surface area contributed by atoms with Crippen LogP contribution in [-0.2, 0) is 7.05 Å². The molecule has 0 spiro atoms. The number of fused-ring (bicyclic) bond motifs is 3. The Morgan fingerprint density at radius 3 is 2.32 bits per heavy atom. The van der Waals surface area contributed by atoms with Gasteiger partial charge in [-0.15, -0.1) is 0 Å². The molecule has 0 N–H and O–H groups in total. The van der Waals surface area contributed by atoms with Crippen LogP contribution in [0.5, 0.6) is 0 Å². The number of halogens is 1. The highest BCUT2D eigenvalue weighted by atomic mass is 19.1. The Morgan fingerprint density at radius 1 is 0.857 bits per heavy atom. The molecule has 0 saturated carbocycles. The molecule has 0 unspecified atom stereocenters. The summed E-state index contributed by atoms with van der Waals surface area (Å²) in [5, 5.41) is 1.89. The normalized spacial score (nSPS) is 11.4. The molecular weight excluding hydrogens is 351 g/mol. The Hall–Kier alpha value is -3.53. The summed E-state index contributed by atoms with van der Waals surface area (Å²) in [7, 11) is 1.96. The fraction of sp³-hybridized carbons (Fsp3) is 0.0833. The van der Waals surface area contributed by atoms with Crippen molar-refractivity contribution >= 4 is 21.9 Å². The Labute approximate surface area is 161 Å². The van der Waals surface area contributed by atoms with E-state index in [0.29, 0.717) is 11.1 Å². The van der Waals surface area contributed by atoms with Gasteiger partial charge in [0, 0.05) is 16.8 Å². The van der Waals surface area contributed by atoms with E-state index in [1.165, 1.54) is 6.07 Å². The second-order valence-corrected chi connectivity index (χ2v) is 6.98. The van der Waals surface area contributed by atoms with Gasteiger partial charge in [0.05, 0.1) is 18.2 Å². The van der Waals surface area contributed by atoms with Crippen molar-refractivity contribution in [3.8, 4) is 22.4 Å². The molecule has 0 amide bonds. The van der Waals surface area contributed by atoms with Crippen molar-refractivity contribution in [1.29, 1.82) is 0 Å². The molecule has 5 aromatic rings. The molecule has 0 atom stereocenters. The average Bonchev–Trinajstić information content (AvgIpc) is 3.07. The van der Waals surface area contributed by atoms with Crippen molar-refractivity contribution in [2.45, 2.75) is 6.92 Å². The lowest BCUT2D eigenvalue weighted by Crippen LogP contribution is -2.31. The maximum atomic E-state index is 14.8. The van der Waals surface area contributed by atoms with E-state index in [0.717, 1.165) is 38.7 Å². The first-order valence-electron chi connectivity index (χ1n) is 9.15. The molecule has 0 fully saturated rings. The highest BCUT2D eigenvalue weighted by Gasteiger charge is 2.21. The second kappa shape index (κ2) is 6.27. The summed E-state index contributed by atoms with van der Waals surface area (Å²) in [6, 6.07) is 19.0. The zero-order valence-electron chi connectivity index (χ0n) is 15.6. The molecule has 0 aliphatic carbocycles. The molecule has 0 aliphatic rings. The number of benzene rings is 3. The zero-order valence-corrected chi connectivity index (χ0v) is 15.6. The molecule has 28 heavy (non-hydrogen) atoms. The van der Waals surface area contributed by atoms with E-state index < -0.39 is 0 Å². The maximum absolute atomic E-state index is 14.8. The lowest BCUT2D eigenvalue weighted by atomic mass is 9.99. The van der Waals surface area contributed by atoms with Crippen molar-refractivity contribution in [2.24, 2.45) is 7.05 Å². The van der Waals surface area contributed by atoms with Crippen molar-refractivity contribution < 1.29 is 13.4 Å². The summed E-state index contributed by atoms with van der Waals surface area (Å²) in [5.41, 5.74) is 5.73. The lowest BCUT2D eigenvalue weighted by molar-refractivity contribution is -0.663. The Balaban J connectivity index is 1.92. The second-order valence-electron chi connectivity index (χ2n) is 6.98. The van der Waals surface area contributed by atoms with Gasteiger partial charge in [-0.05, 0) is 30.2 Å². The Bertz CT molecular complexity index is 1340. The number of rotatable bonds is 2. The molecule has 2 aromatic heterocycles. The van der Waals surface area contributed by atoms with Crippen LogP contribution in [0.1, 0.15) is 5.56 Å². The lowest BCUT2D eigenvalue weighted by Gasteiger charge is -2.06. The van der Waals surface area contributed by atoms with Gasteiger partial charge in [-0.2, -0.15) is 0 Å². The zero-order chi connectivity index (χ0) is 19.3. The van der Waals surface area contributed by atoms with Crippen LogP contribution in [0.2, 0.25) is 0 Å². The van der Waals surface area contributed by atoms with Gasteiger partial charge in [0.25, 0.3) is 6.33 Å². The van der Waals surface area contributed by atoms with Gasteiger partial charge in [-0.1, -0.05) is 47.4 Å². The minimum absolute atomic E-state index is 0.287. The monoisotopic (exact) mass is 369 g/mol. The third-order valence-corrected chi connectivity index (χ3v) is 5.22. The summed E-state index contributed by atoms with van der Waals surface area (Å²) < 4.78 is 23.2. The average molecular weight is 369 g/mol. The molecular formula is C24H18FN2O+. The smallest absolute Gasteiger partial charge is 0.286 e. The molecule has 2 heterocycles. The molecule has 4 heteroatoms. The molecule has 136 valence electrons. The Morgan fingerprint density at radius 2 is 1.57 bits per heavy atom. The topological polar surface area (TPSA) is 29.9 Å². The standard InChI is InChI=1S/C24H18FN2O/c1-15-8-9-17-18-10-11-19(25)22(16-6-4-3-5-7-16)24(18)28-23(17)21(15)20-12-13-26-14-27(20)2/h3-14H,1-2H3/q+1. The van der Waals surface area contributed by atoms with Gasteiger partial charge < -0.3 is 4.42 Å². The van der Waals surface area contributed by atoms with E-state index in [9.17, 15) is 4.39 Å². The van der Waals surface area contributed by atoms with Crippen LogP contribution in [0.4, 0.5) is 4.39 Å². The van der Waals surface area contributed by atoms with Crippen molar-refractivity contribution in [3.63, 3.8) is 0 Å². The van der Waals surface area contributed by atoms with E-state index >= 15 is 0 Å². The molecule has 0 aliphatic heterocycles. The molecule has 5 rings (SSSR count). The summed E-state index contributed by atoms with van der Waals surface area (Å²) in [6.45, 7) is 2.06. The SMILES string of the molecule is Cc1ccc2c(oc3c(-c4ccccc4)c(F)ccc32)c1-c1ccnc[n+]1C. The van der Waals surface area contributed by atoms with Crippen molar-refractivity contribution in [3.05, 3.63) is 84.6 Å². The summed E-state index contributed by atoms with van der Waals surface area (Å²) in [4.78, 5) is 4.17. The van der Waals surface area contributed by atoms with E-state index in [1.807, 2.05) is 54.1 Å². The first kappa shape index (κ1) is 16.6. The van der Waals surface area contributed by atoms with Crippen LogP contribution in [0.25, 0.3) is 44.3 Å². The van der Waals surface area contributed by atoms with E-state index in [2.05, 4.69) is 18.0 Å². The summed E-state index contributed by atoms with van der Waals surface area (Å²) in [5.74, 6) is -0.287. The number of aromatic nitrogens is 2. The highest BCUT2D eigenvalue weighted by Crippen LogP contribution is 2.41. The van der Waals surface area contributed by atoms with E-state index in [1.54, 1.807) is 18.6 Å². The summed E-state index contributed by atoms with van der Waals surface area (Å²) in [6.07, 6.45) is 3.54. The van der Waals surface area contributed by atoms with Crippen LogP contribution >= 0.6 is 0 Å². The Kier molecular flexibility index (Phi) is 3.72. The van der Waals surface area contributed by atoms with Gasteiger partial charge in [0.1, 0.15) is 28.9 Å². The highest BCUT2D eigenvalue weighted by molar-refractivity contribution is 6.13. The quantitative estimate of drug-likeness (QED) is 0.380. The van der Waals surface area contributed by atoms with Gasteiger partial charge in [-0.25, -0.2) is 8.96 Å². The van der Waals surface area contributed by atoms with Crippen LogP contribution < -0.4 is 4.57 Å². The minimum atomic E-state index is -0.287. The van der Waals surface area contributed by atoms with Gasteiger partial charge in [0.2, 0.25) is 0 Å². The van der Waals surface area contributed by atoms with Gasteiger partial charge in [0.15, 0.2) is 0 Å². The van der Waals surface area contributed by atoms with Gasteiger partial charge in [-0.3, -0.25) is 0 Å². The van der Waals surface area contributed by atoms with Gasteiger partial charge >= 0.3 is 0 Å². The molecule has 3 aromatic carbocycles. The summed E-state index contributed by atoms with van der Waals surface area (Å²) >= 11 is 0. The third kappa shape index (κ3) is 2.42. The van der Waals surface area contributed by atoms with Crippen LogP contribution in [0.15, 0.2) is 77.6 Å². The number of hydrogen-bond acceptors (Lipinski definition) is 2. The number of nitrogens with zero attached hydrogens (tertiary/aromatic N) is 2. The van der Waals surface area contributed by atoms with E-state index in [4.69, 9.17) is 4.42 Å². The van der Waals surface area contributed by atoms with Crippen molar-refractivity contribution in [1.82, 2.24) is 4.98 Å². The largest absolute Gasteiger partial charge is 0.454 e. The third-order valence-electron chi connectivity index (χ3n) is 5.22. The predicted octanol–water partition coefficient (Wildman–Crippen LogP) is 5.59. The van der Waals surface area contributed by atoms with Crippen LogP contribution in [0.3, 0.4) is 0 Å². The first-order chi connectivity index (χ1) is 13.6. The first-order valence-corrected chi connectivity index (χ1v) is 9.15. The van der Waals surface area contributed by atoms with E-state index in [-0.39, 0.29) is 5.82 Å². The number of aryl methyl sites for hydroxylation is 2. The fourth-order valence-corrected chi connectivity index (χ4v) is 3.86. The fourth-order valence-electron chi connectivity index (χ4n) is 3.86. The minimum Gasteiger partial charge on any atom is -0.454 e. The number of hydrogen-bond donors (Lipinski definition) is 0. The van der Waals surface area contributed by atoms with Crippen LogP contribution in [0, 0.1) is 12.7 Å². The van der Waals surface area contributed by atoms with Crippen molar-refractivity contribution in [2.75, 3.05) is 0 Å². The van der Waals surface area contributed by atoms with Crippen LogP contribution in [-0.4, -0.2) is 4.98 Å². The molecule has 0 bridgehead atoms. The maximum Gasteiger partial charge on any atom is 0.286 e. The molecule has 3 nitrogen and oxygen atoms in total. The predicted molar refractivity (Wildman–Crippen MR) is 108 cm³/mol. The molecule has 0 radical (unpaired) electrons. The molecule has 0 saturated heterocycles. The number of furan rings is 1.